The van der Waals surface area contributed by atoms with Crippen molar-refractivity contribution >= 4 is 11.0 Å². The molecular weight excluding hydrogens is 288 g/mol. The summed E-state index contributed by atoms with van der Waals surface area (Å²) in [7, 11) is 0. The van der Waals surface area contributed by atoms with E-state index in [-0.39, 0.29) is 5.56 Å². The largest absolute Gasteiger partial charge is 0.394 e. The van der Waals surface area contributed by atoms with Gasteiger partial charge in [-0.3, -0.25) is 4.79 Å². The summed E-state index contributed by atoms with van der Waals surface area (Å²) < 4.78 is 5.41. The van der Waals surface area contributed by atoms with Crippen LogP contribution in [0.15, 0.2) is 16.9 Å². The van der Waals surface area contributed by atoms with E-state index in [2.05, 4.69) is 9.97 Å². The zero-order valence-electron chi connectivity index (χ0n) is 12.3. The number of aliphatic hydroxyl groups excluding tert-OH is 3. The van der Waals surface area contributed by atoms with Gasteiger partial charge in [-0.05, 0) is 31.5 Å². The van der Waals surface area contributed by atoms with Crippen molar-refractivity contribution in [1.82, 2.24) is 9.97 Å². The first-order valence-electron chi connectivity index (χ1n) is 7.06. The quantitative estimate of drug-likeness (QED) is 0.605. The number of H-pyrrole nitrogens is 1. The van der Waals surface area contributed by atoms with Gasteiger partial charge in [-0.15, -0.1) is 0 Å². The lowest BCUT2D eigenvalue weighted by Gasteiger charge is -2.15. The number of nitrogens with one attached hydrogen (secondary N) is 1. The molecule has 1 fully saturated rings. The molecule has 2 unspecified atom stereocenters. The Balaban J connectivity index is 2.10. The Morgan fingerprint density at radius 2 is 2.00 bits per heavy atom. The summed E-state index contributed by atoms with van der Waals surface area (Å²) in [4.78, 5) is 19.2. The summed E-state index contributed by atoms with van der Waals surface area (Å²) in [6.07, 6.45) is -4.40. The Bertz CT molecular complexity index is 772. The second-order valence-corrected chi connectivity index (χ2v) is 5.64. The standard InChI is InChI=1S/C15H18N2O5/c1-6-3-8-4-9(15(21)17-14(8)16-7(6)2)13-12(20)11(19)10(5-18)22-13/h3-4,10-13,18-20H,5H2,1-2H3,(H,16,17,21)/t10-,11?,12?,13+/m1/s1. The molecule has 1 aliphatic rings. The van der Waals surface area contributed by atoms with Crippen LogP contribution < -0.4 is 5.56 Å². The van der Waals surface area contributed by atoms with E-state index in [1.54, 1.807) is 6.07 Å². The average molecular weight is 306 g/mol. The molecule has 2 aromatic heterocycles. The van der Waals surface area contributed by atoms with E-state index >= 15 is 0 Å². The SMILES string of the molecule is Cc1cc2cc([C@@H]3O[C@H](CO)C(O)C3O)c(=O)[nH]c2nc1C. The number of nitrogens with zero attached hydrogens (tertiary/aromatic N) is 1. The average Bonchev–Trinajstić information content (AvgIpc) is 2.76. The molecule has 22 heavy (non-hydrogen) atoms. The molecule has 118 valence electrons. The summed E-state index contributed by atoms with van der Waals surface area (Å²) >= 11 is 0. The first-order valence-corrected chi connectivity index (χ1v) is 7.06. The van der Waals surface area contributed by atoms with Crippen molar-refractivity contribution in [2.24, 2.45) is 0 Å². The maximum absolute atomic E-state index is 12.2. The maximum Gasteiger partial charge on any atom is 0.255 e. The van der Waals surface area contributed by atoms with Crippen molar-refractivity contribution in [1.29, 1.82) is 0 Å². The number of hydrogen-bond acceptors (Lipinski definition) is 6. The molecule has 2 aromatic rings. The summed E-state index contributed by atoms with van der Waals surface area (Å²) in [6, 6.07) is 3.49. The normalized spacial score (nSPS) is 28.4. The highest BCUT2D eigenvalue weighted by Crippen LogP contribution is 2.32. The van der Waals surface area contributed by atoms with Gasteiger partial charge in [0.15, 0.2) is 0 Å². The number of fused-ring (bicyclic) bond motifs is 1. The molecule has 1 saturated heterocycles. The minimum absolute atomic E-state index is 0.208. The van der Waals surface area contributed by atoms with Crippen LogP contribution in [0, 0.1) is 13.8 Å². The fourth-order valence-electron chi connectivity index (χ4n) is 2.72. The van der Waals surface area contributed by atoms with Gasteiger partial charge in [0.1, 0.15) is 30.1 Å². The van der Waals surface area contributed by atoms with E-state index in [1.807, 2.05) is 19.9 Å². The van der Waals surface area contributed by atoms with Crippen LogP contribution >= 0.6 is 0 Å². The number of aliphatic hydroxyl groups is 3. The third-order valence-corrected chi connectivity index (χ3v) is 4.15. The van der Waals surface area contributed by atoms with E-state index in [9.17, 15) is 15.0 Å². The van der Waals surface area contributed by atoms with Gasteiger partial charge in [-0.2, -0.15) is 0 Å². The molecule has 0 bridgehead atoms. The van der Waals surface area contributed by atoms with Gasteiger partial charge in [-0.25, -0.2) is 4.98 Å². The van der Waals surface area contributed by atoms with E-state index in [1.165, 1.54) is 0 Å². The minimum atomic E-state index is -1.27. The smallest absolute Gasteiger partial charge is 0.255 e. The van der Waals surface area contributed by atoms with Crippen LogP contribution in [0.1, 0.15) is 22.9 Å². The second kappa shape index (κ2) is 5.44. The Kier molecular flexibility index (Phi) is 3.73. The molecule has 0 radical (unpaired) electrons. The zero-order valence-corrected chi connectivity index (χ0v) is 12.3. The fourth-order valence-corrected chi connectivity index (χ4v) is 2.72. The number of pyridine rings is 2. The summed E-state index contributed by atoms with van der Waals surface area (Å²) in [5.41, 5.74) is 2.04. The minimum Gasteiger partial charge on any atom is -0.394 e. The van der Waals surface area contributed by atoms with Crippen LogP contribution in [0.2, 0.25) is 0 Å². The number of aryl methyl sites for hydroxylation is 2. The van der Waals surface area contributed by atoms with Gasteiger partial charge < -0.3 is 25.0 Å². The topological polar surface area (TPSA) is 116 Å². The molecule has 0 saturated carbocycles. The van der Waals surface area contributed by atoms with Gasteiger partial charge in [0.05, 0.1) is 6.61 Å². The number of hydrogen-bond donors (Lipinski definition) is 4. The van der Waals surface area contributed by atoms with Crippen LogP contribution in [0.5, 0.6) is 0 Å². The third-order valence-electron chi connectivity index (χ3n) is 4.15. The Morgan fingerprint density at radius 3 is 2.64 bits per heavy atom. The Hall–Kier alpha value is -1.80. The second-order valence-electron chi connectivity index (χ2n) is 5.64. The summed E-state index contributed by atoms with van der Waals surface area (Å²) in [5, 5.41) is 29.7. The highest BCUT2D eigenvalue weighted by molar-refractivity contribution is 5.76. The predicted octanol–water partition coefficient (Wildman–Crippen LogP) is -0.306. The van der Waals surface area contributed by atoms with Gasteiger partial charge in [0.25, 0.3) is 5.56 Å². The van der Waals surface area contributed by atoms with E-state index < -0.39 is 36.6 Å². The number of rotatable bonds is 2. The van der Waals surface area contributed by atoms with E-state index in [4.69, 9.17) is 9.84 Å². The molecule has 1 aliphatic heterocycles. The lowest BCUT2D eigenvalue weighted by Crippen LogP contribution is -2.33. The first-order chi connectivity index (χ1) is 10.4. The van der Waals surface area contributed by atoms with Crippen molar-refractivity contribution < 1.29 is 20.1 Å². The molecule has 3 rings (SSSR count). The Morgan fingerprint density at radius 1 is 1.27 bits per heavy atom. The lowest BCUT2D eigenvalue weighted by molar-refractivity contribution is -0.0231. The number of aromatic nitrogens is 2. The molecule has 0 spiro atoms. The molecule has 3 heterocycles. The van der Waals surface area contributed by atoms with Crippen LogP contribution in [0.4, 0.5) is 0 Å². The van der Waals surface area contributed by atoms with Crippen molar-refractivity contribution in [3.05, 3.63) is 39.3 Å². The van der Waals surface area contributed by atoms with E-state index in [0.717, 1.165) is 16.6 Å². The molecule has 4 atom stereocenters. The zero-order chi connectivity index (χ0) is 16.0. The van der Waals surface area contributed by atoms with Crippen molar-refractivity contribution in [2.45, 2.75) is 38.3 Å². The van der Waals surface area contributed by atoms with Crippen LogP contribution in [0.25, 0.3) is 11.0 Å². The van der Waals surface area contributed by atoms with Crippen molar-refractivity contribution in [2.75, 3.05) is 6.61 Å². The maximum atomic E-state index is 12.2. The molecule has 0 aromatic carbocycles. The van der Waals surface area contributed by atoms with Gasteiger partial charge in [0.2, 0.25) is 0 Å². The molecular formula is C15H18N2O5. The number of ether oxygens (including phenoxy) is 1. The van der Waals surface area contributed by atoms with Crippen LogP contribution in [0.3, 0.4) is 0 Å². The highest BCUT2D eigenvalue weighted by atomic mass is 16.6. The van der Waals surface area contributed by atoms with Crippen molar-refractivity contribution in [3.63, 3.8) is 0 Å². The van der Waals surface area contributed by atoms with Crippen LogP contribution in [-0.2, 0) is 4.74 Å². The lowest BCUT2D eigenvalue weighted by atomic mass is 10.0. The molecule has 4 N–H and O–H groups in total. The Labute approximate surface area is 126 Å². The summed E-state index contributed by atoms with van der Waals surface area (Å²) in [5.74, 6) is 0. The molecule has 0 amide bonds. The van der Waals surface area contributed by atoms with Crippen molar-refractivity contribution in [3.8, 4) is 0 Å². The monoisotopic (exact) mass is 306 g/mol. The predicted molar refractivity (Wildman–Crippen MR) is 78.6 cm³/mol. The van der Waals surface area contributed by atoms with Gasteiger partial charge in [0, 0.05) is 16.6 Å². The fraction of sp³-hybridized carbons (Fsp3) is 0.467. The van der Waals surface area contributed by atoms with Gasteiger partial charge >= 0.3 is 0 Å². The molecule has 0 aliphatic carbocycles. The number of aromatic amines is 1. The highest BCUT2D eigenvalue weighted by Gasteiger charge is 2.44. The van der Waals surface area contributed by atoms with Crippen LogP contribution in [-0.4, -0.2) is 50.2 Å². The first kappa shape index (κ1) is 15.1. The molecule has 7 heteroatoms. The van der Waals surface area contributed by atoms with E-state index in [0.29, 0.717) is 5.65 Å². The third kappa shape index (κ3) is 2.32. The van der Waals surface area contributed by atoms with Gasteiger partial charge in [-0.1, -0.05) is 0 Å². The molecule has 7 nitrogen and oxygen atoms in total. The summed E-state index contributed by atoms with van der Waals surface area (Å²) in [6.45, 7) is 3.34.